The molecular formula is C29H22IN3O6. The van der Waals surface area contributed by atoms with Crippen LogP contribution in [0, 0.1) is 5.92 Å². The summed E-state index contributed by atoms with van der Waals surface area (Å²) in [6.45, 7) is 0.148. The number of ketones is 2. The molecule has 3 aromatic rings. The number of aromatic hydroxyl groups is 1. The van der Waals surface area contributed by atoms with E-state index < -0.39 is 23.3 Å². The van der Waals surface area contributed by atoms with Gasteiger partial charge >= 0.3 is 11.4 Å². The number of para-hydroxylation sites is 1. The van der Waals surface area contributed by atoms with Crippen molar-refractivity contribution >= 4 is 40.2 Å². The number of fused-ring (bicyclic) bond motifs is 3. The number of carbonyl (C=O) groups excluding carboxylic acids is 2. The van der Waals surface area contributed by atoms with Gasteiger partial charge in [-0.2, -0.15) is 0 Å². The number of allylic oxidation sites excluding steroid dienone is 7. The smallest absolute Gasteiger partial charge is 0.352 e. The van der Waals surface area contributed by atoms with Crippen LogP contribution < -0.4 is 16.1 Å². The summed E-state index contributed by atoms with van der Waals surface area (Å²) in [5.74, 6) is -0.785. The molecule has 2 heterocycles. The number of aromatic nitrogens is 3. The number of nitrogens with zero attached hydrogens (tertiary/aromatic N) is 3. The molecule has 2 aliphatic carbocycles. The van der Waals surface area contributed by atoms with Crippen molar-refractivity contribution < 1.29 is 19.4 Å². The molecule has 0 saturated heterocycles. The van der Waals surface area contributed by atoms with E-state index >= 15 is 0 Å². The molecule has 6 rings (SSSR count). The van der Waals surface area contributed by atoms with Crippen molar-refractivity contribution in [2.45, 2.75) is 19.0 Å². The van der Waals surface area contributed by atoms with Gasteiger partial charge in [0.05, 0.1) is 29.0 Å². The van der Waals surface area contributed by atoms with E-state index in [1.165, 1.54) is 28.6 Å². The number of hydrogen-bond acceptors (Lipinski definition) is 6. The summed E-state index contributed by atoms with van der Waals surface area (Å²) in [4.78, 5) is 53.5. The summed E-state index contributed by atoms with van der Waals surface area (Å²) in [6, 6.07) is 13.0. The number of rotatable bonds is 4. The van der Waals surface area contributed by atoms with Crippen molar-refractivity contribution in [3.63, 3.8) is 0 Å². The van der Waals surface area contributed by atoms with Gasteiger partial charge in [-0.1, -0.05) is 42.5 Å². The fourth-order valence-corrected chi connectivity index (χ4v) is 6.12. The molecule has 0 fully saturated rings. The van der Waals surface area contributed by atoms with Gasteiger partial charge in [0.2, 0.25) is 0 Å². The zero-order valence-corrected chi connectivity index (χ0v) is 22.9. The van der Waals surface area contributed by atoms with Crippen LogP contribution in [0.1, 0.15) is 18.0 Å². The zero-order chi connectivity index (χ0) is 27.4. The summed E-state index contributed by atoms with van der Waals surface area (Å²) >= 11 is 1.88. The Morgan fingerprint density at radius 1 is 1.05 bits per heavy atom. The molecule has 0 spiro atoms. The fraction of sp³-hybridized carbons (Fsp3) is 0.172. The van der Waals surface area contributed by atoms with Crippen LogP contribution in [0.5, 0.6) is 11.5 Å². The molecule has 1 N–H and O–H groups in total. The number of hydrogen-bond donors (Lipinski definition) is 1. The Morgan fingerprint density at radius 3 is 2.56 bits per heavy atom. The Kier molecular flexibility index (Phi) is 6.13. The van der Waals surface area contributed by atoms with Gasteiger partial charge < -0.3 is 9.84 Å². The Labute approximate surface area is 235 Å². The van der Waals surface area contributed by atoms with Gasteiger partial charge in [0.15, 0.2) is 23.1 Å². The third kappa shape index (κ3) is 3.97. The molecule has 1 aliphatic heterocycles. The van der Waals surface area contributed by atoms with Gasteiger partial charge in [-0.25, -0.2) is 23.5 Å². The maximum absolute atomic E-state index is 13.7. The van der Waals surface area contributed by atoms with E-state index in [2.05, 4.69) is 0 Å². The van der Waals surface area contributed by atoms with E-state index in [0.29, 0.717) is 26.2 Å². The molecule has 39 heavy (non-hydrogen) atoms. The number of Topliss-reactive ketones (excluding diaryl/α,β-unsaturated/α-hetero) is 1. The molecule has 10 heteroatoms. The minimum atomic E-state index is -0.618. The van der Waals surface area contributed by atoms with E-state index in [-0.39, 0.29) is 30.3 Å². The highest BCUT2D eigenvalue weighted by Crippen LogP contribution is 2.46. The quantitative estimate of drug-likeness (QED) is 0.267. The number of methoxy groups -OCH3 is 1. The van der Waals surface area contributed by atoms with Crippen molar-refractivity contribution in [3.8, 4) is 17.2 Å². The van der Waals surface area contributed by atoms with Crippen LogP contribution >= 0.6 is 22.6 Å². The molecular weight excluding hydrogens is 613 g/mol. The predicted octanol–water partition coefficient (Wildman–Crippen LogP) is 3.50. The van der Waals surface area contributed by atoms with Crippen molar-refractivity contribution in [1.29, 1.82) is 0 Å². The third-order valence-electron chi connectivity index (χ3n) is 7.35. The van der Waals surface area contributed by atoms with Gasteiger partial charge in [-0.3, -0.25) is 9.59 Å². The first-order valence-electron chi connectivity index (χ1n) is 12.2. The first-order chi connectivity index (χ1) is 18.8. The van der Waals surface area contributed by atoms with E-state index in [9.17, 15) is 24.3 Å². The van der Waals surface area contributed by atoms with Crippen LogP contribution in [-0.4, -0.2) is 37.7 Å². The van der Waals surface area contributed by atoms with E-state index in [1.807, 2.05) is 34.7 Å². The van der Waals surface area contributed by atoms with Gasteiger partial charge in [0.25, 0.3) is 0 Å². The second-order valence-corrected chi connectivity index (χ2v) is 10.6. The summed E-state index contributed by atoms with van der Waals surface area (Å²) in [5, 5.41) is 9.96. The summed E-state index contributed by atoms with van der Waals surface area (Å²) in [6.07, 6.45) is 6.95. The highest BCUT2D eigenvalue weighted by molar-refractivity contribution is 14.1. The van der Waals surface area contributed by atoms with Crippen LogP contribution in [0.15, 0.2) is 96.6 Å². The molecule has 0 amide bonds. The molecule has 2 aromatic carbocycles. The highest BCUT2D eigenvalue weighted by Gasteiger charge is 2.43. The van der Waals surface area contributed by atoms with Crippen LogP contribution in [0.25, 0.3) is 11.8 Å². The molecule has 0 radical (unpaired) electrons. The minimum absolute atomic E-state index is 0.000356. The lowest BCUT2D eigenvalue weighted by molar-refractivity contribution is -0.115. The lowest BCUT2D eigenvalue weighted by atomic mass is 9.71. The number of carbonyl (C=O) groups is 2. The van der Waals surface area contributed by atoms with Gasteiger partial charge in [-0.05, 0) is 58.0 Å². The Balaban J connectivity index is 1.51. The first kappa shape index (κ1) is 25.1. The number of ether oxygens (including phenoxy) is 1. The van der Waals surface area contributed by atoms with Crippen LogP contribution in [0.3, 0.4) is 0 Å². The van der Waals surface area contributed by atoms with Gasteiger partial charge in [0.1, 0.15) is 0 Å². The Bertz CT molecular complexity index is 1800. The summed E-state index contributed by atoms with van der Waals surface area (Å²) in [7, 11) is 1.46. The lowest BCUT2D eigenvalue weighted by Crippen LogP contribution is -2.41. The maximum Gasteiger partial charge on any atom is 0.352 e. The normalized spacial score (nSPS) is 20.4. The Hall–Kier alpha value is -4.19. The zero-order valence-electron chi connectivity index (χ0n) is 20.7. The molecule has 2 unspecified atom stereocenters. The van der Waals surface area contributed by atoms with E-state index in [1.54, 1.807) is 48.5 Å². The van der Waals surface area contributed by atoms with Crippen LogP contribution in [-0.2, 0) is 16.1 Å². The van der Waals surface area contributed by atoms with Crippen LogP contribution in [0.2, 0.25) is 0 Å². The Morgan fingerprint density at radius 2 is 1.82 bits per heavy atom. The fourth-order valence-electron chi connectivity index (χ4n) is 5.55. The average Bonchev–Trinajstić information content (AvgIpc) is 3.20. The highest BCUT2D eigenvalue weighted by atomic mass is 127. The van der Waals surface area contributed by atoms with Crippen molar-refractivity contribution in [3.05, 3.63) is 114 Å². The third-order valence-corrected chi connectivity index (χ3v) is 8.15. The molecule has 0 bridgehead atoms. The number of phenols is 1. The number of halogens is 1. The minimum Gasteiger partial charge on any atom is -0.504 e. The first-order valence-corrected chi connectivity index (χ1v) is 13.3. The largest absolute Gasteiger partial charge is 0.504 e. The number of benzene rings is 2. The monoisotopic (exact) mass is 635 g/mol. The van der Waals surface area contributed by atoms with Crippen molar-refractivity contribution in [1.82, 2.24) is 13.9 Å². The molecule has 1 aromatic heterocycles. The van der Waals surface area contributed by atoms with Crippen molar-refractivity contribution in [2.75, 3.05) is 7.11 Å². The van der Waals surface area contributed by atoms with E-state index in [4.69, 9.17) is 4.74 Å². The number of phenolic OH excluding ortho intramolecular Hbond substituents is 1. The molecule has 0 saturated carbocycles. The summed E-state index contributed by atoms with van der Waals surface area (Å²) < 4.78 is 9.48. The second-order valence-electron chi connectivity index (χ2n) is 9.43. The van der Waals surface area contributed by atoms with Gasteiger partial charge in [-0.15, -0.1) is 0 Å². The maximum atomic E-state index is 13.7. The SMILES string of the molecule is COc1cc(C=CC2C3=CCn4c(=O)n(-c5ccccc5)c(=O)n4C3CC3=C2C(=O)C(I)=CC3=O)ccc1O. The van der Waals surface area contributed by atoms with Gasteiger partial charge in [0, 0.05) is 29.6 Å². The standard InChI is InChI=1S/C29H22IN3O6/c1-39-25-13-16(8-10-23(25)34)7-9-19-18-11-12-31-28(37)32(17-5-3-2-4-6-17)29(38)33(31)22(18)14-20-24(35)15-21(30)27(36)26(19)20/h2-11,13,15,19,22,34H,12,14H2,1H3. The second kappa shape index (κ2) is 9.53. The average molecular weight is 635 g/mol. The molecule has 196 valence electrons. The predicted molar refractivity (Wildman–Crippen MR) is 152 cm³/mol. The molecule has 3 aliphatic rings. The summed E-state index contributed by atoms with van der Waals surface area (Å²) in [5.41, 5.74) is 1.72. The lowest BCUT2D eigenvalue weighted by Gasteiger charge is -2.38. The van der Waals surface area contributed by atoms with Crippen LogP contribution in [0.4, 0.5) is 0 Å². The molecule has 9 nitrogen and oxygen atoms in total. The van der Waals surface area contributed by atoms with E-state index in [0.717, 1.165) is 15.7 Å². The van der Waals surface area contributed by atoms with Crippen molar-refractivity contribution in [2.24, 2.45) is 5.92 Å². The topological polar surface area (TPSA) is 113 Å². The molecule has 2 atom stereocenters.